The van der Waals surface area contributed by atoms with Crippen molar-refractivity contribution in [2.24, 2.45) is 0 Å². The summed E-state index contributed by atoms with van der Waals surface area (Å²) >= 11 is 3.48. The molecule has 0 bridgehead atoms. The Kier molecular flexibility index (Phi) is 4.82. The first-order valence-electron chi connectivity index (χ1n) is 5.74. The number of halogens is 1. The monoisotopic (exact) mass is 284 g/mol. The van der Waals surface area contributed by atoms with E-state index in [-0.39, 0.29) is 6.10 Å². The third-order valence-electron chi connectivity index (χ3n) is 2.59. The first-order chi connectivity index (χ1) is 7.90. The van der Waals surface area contributed by atoms with Crippen LogP contribution in [0, 0.1) is 0 Å². The van der Waals surface area contributed by atoms with Gasteiger partial charge < -0.3 is 9.47 Å². The van der Waals surface area contributed by atoms with Crippen LogP contribution >= 0.6 is 15.9 Å². The predicted molar refractivity (Wildman–Crippen MR) is 67.9 cm³/mol. The number of alkyl halides is 1. The van der Waals surface area contributed by atoms with Crippen molar-refractivity contribution in [3.63, 3.8) is 0 Å². The molecule has 1 saturated carbocycles. The minimum Gasteiger partial charge on any atom is -0.376 e. The summed E-state index contributed by atoms with van der Waals surface area (Å²) in [6.45, 7) is 1.38. The van der Waals surface area contributed by atoms with Crippen molar-refractivity contribution in [3.8, 4) is 0 Å². The minimum atomic E-state index is 0.129. The zero-order valence-electron chi connectivity index (χ0n) is 9.27. The van der Waals surface area contributed by atoms with Gasteiger partial charge in [-0.05, 0) is 18.4 Å². The van der Waals surface area contributed by atoms with Crippen molar-refractivity contribution >= 4 is 15.9 Å². The zero-order chi connectivity index (χ0) is 11.2. The maximum absolute atomic E-state index is 5.78. The van der Waals surface area contributed by atoms with Gasteiger partial charge in [-0.25, -0.2) is 0 Å². The Labute approximate surface area is 105 Å². The molecule has 0 heterocycles. The van der Waals surface area contributed by atoms with E-state index in [4.69, 9.17) is 9.47 Å². The van der Waals surface area contributed by atoms with Crippen LogP contribution < -0.4 is 0 Å². The summed E-state index contributed by atoms with van der Waals surface area (Å²) in [6, 6.07) is 10.3. The van der Waals surface area contributed by atoms with Crippen molar-refractivity contribution in [3.05, 3.63) is 35.9 Å². The molecule has 1 aliphatic carbocycles. The molecular weight excluding hydrogens is 268 g/mol. The van der Waals surface area contributed by atoms with Gasteiger partial charge in [0.25, 0.3) is 0 Å². The highest BCUT2D eigenvalue weighted by Crippen LogP contribution is 2.23. The number of rotatable bonds is 7. The molecule has 0 aliphatic heterocycles. The van der Waals surface area contributed by atoms with E-state index >= 15 is 0 Å². The van der Waals surface area contributed by atoms with Gasteiger partial charge in [0.1, 0.15) is 0 Å². The van der Waals surface area contributed by atoms with Crippen LogP contribution in [0.1, 0.15) is 24.5 Å². The van der Waals surface area contributed by atoms with Crippen molar-refractivity contribution in [1.29, 1.82) is 0 Å². The van der Waals surface area contributed by atoms with E-state index in [0.29, 0.717) is 19.3 Å². The fourth-order valence-electron chi connectivity index (χ4n) is 1.54. The molecule has 2 nitrogen and oxygen atoms in total. The molecule has 1 aromatic carbocycles. The van der Waals surface area contributed by atoms with Crippen LogP contribution in [0.4, 0.5) is 0 Å². The van der Waals surface area contributed by atoms with Crippen LogP contribution in [-0.2, 0) is 9.47 Å². The fourth-order valence-corrected chi connectivity index (χ4v) is 2.10. The normalized spacial score (nSPS) is 17.3. The van der Waals surface area contributed by atoms with Crippen LogP contribution in [0.25, 0.3) is 0 Å². The van der Waals surface area contributed by atoms with Crippen LogP contribution in [0.15, 0.2) is 30.3 Å². The third kappa shape index (κ3) is 3.89. The van der Waals surface area contributed by atoms with E-state index in [1.807, 2.05) is 18.2 Å². The van der Waals surface area contributed by atoms with Gasteiger partial charge in [0.2, 0.25) is 0 Å². The van der Waals surface area contributed by atoms with Gasteiger partial charge in [-0.1, -0.05) is 46.3 Å². The van der Waals surface area contributed by atoms with Gasteiger partial charge in [0.05, 0.1) is 25.4 Å². The lowest BCUT2D eigenvalue weighted by molar-refractivity contribution is 0.00868. The average Bonchev–Trinajstić information content (AvgIpc) is 3.14. The summed E-state index contributed by atoms with van der Waals surface area (Å²) in [5, 5.41) is 0.820. The van der Waals surface area contributed by atoms with E-state index in [2.05, 4.69) is 28.1 Å². The molecule has 16 heavy (non-hydrogen) atoms. The van der Waals surface area contributed by atoms with Crippen molar-refractivity contribution in [1.82, 2.24) is 0 Å². The summed E-state index contributed by atoms with van der Waals surface area (Å²) in [5.74, 6) is 0. The summed E-state index contributed by atoms with van der Waals surface area (Å²) in [5.41, 5.74) is 1.21. The molecule has 0 N–H and O–H groups in total. The van der Waals surface area contributed by atoms with Crippen LogP contribution in [0.3, 0.4) is 0 Å². The zero-order valence-corrected chi connectivity index (χ0v) is 10.9. The molecule has 1 aliphatic rings. The molecule has 88 valence electrons. The summed E-state index contributed by atoms with van der Waals surface area (Å²) in [7, 11) is 0. The maximum atomic E-state index is 5.78. The van der Waals surface area contributed by atoms with E-state index < -0.39 is 0 Å². The standard InChI is InChI=1S/C13H17BrO2/c14-10-13(11-4-2-1-3-5-11)16-9-8-15-12-6-7-12/h1-5,12-13H,6-10H2. The molecule has 2 rings (SSSR count). The summed E-state index contributed by atoms with van der Waals surface area (Å²) < 4.78 is 11.3. The maximum Gasteiger partial charge on any atom is 0.0922 e. The molecular formula is C13H17BrO2. The van der Waals surface area contributed by atoms with Crippen LogP contribution in [0.2, 0.25) is 0 Å². The molecule has 1 unspecified atom stereocenters. The van der Waals surface area contributed by atoms with Gasteiger partial charge >= 0.3 is 0 Å². The second-order valence-corrected chi connectivity index (χ2v) is 4.64. The first-order valence-corrected chi connectivity index (χ1v) is 6.86. The molecule has 0 spiro atoms. The predicted octanol–water partition coefficient (Wildman–Crippen LogP) is 3.32. The molecule has 1 atom stereocenters. The smallest absolute Gasteiger partial charge is 0.0922 e. The van der Waals surface area contributed by atoms with Gasteiger partial charge in [-0.2, -0.15) is 0 Å². The SMILES string of the molecule is BrCC(OCCOC1CC1)c1ccccc1. The van der Waals surface area contributed by atoms with Gasteiger partial charge in [0, 0.05) is 5.33 Å². The molecule has 3 heteroatoms. The Morgan fingerprint density at radius 3 is 2.56 bits per heavy atom. The highest BCUT2D eigenvalue weighted by molar-refractivity contribution is 9.09. The average molecular weight is 285 g/mol. The lowest BCUT2D eigenvalue weighted by Crippen LogP contribution is -2.11. The van der Waals surface area contributed by atoms with Crippen LogP contribution in [0.5, 0.6) is 0 Å². The number of ether oxygens (including phenoxy) is 2. The highest BCUT2D eigenvalue weighted by atomic mass is 79.9. The third-order valence-corrected chi connectivity index (χ3v) is 3.18. The van der Waals surface area contributed by atoms with E-state index in [9.17, 15) is 0 Å². The van der Waals surface area contributed by atoms with Crippen molar-refractivity contribution in [2.45, 2.75) is 25.0 Å². The van der Waals surface area contributed by atoms with E-state index in [0.717, 1.165) is 5.33 Å². The number of hydrogen-bond acceptors (Lipinski definition) is 2. The van der Waals surface area contributed by atoms with Gasteiger partial charge in [0.15, 0.2) is 0 Å². The summed E-state index contributed by atoms with van der Waals surface area (Å²) in [4.78, 5) is 0. The Bertz CT molecular complexity index is 298. The minimum absolute atomic E-state index is 0.129. The van der Waals surface area contributed by atoms with E-state index in [1.165, 1.54) is 18.4 Å². The number of hydrogen-bond donors (Lipinski definition) is 0. The second kappa shape index (κ2) is 6.38. The van der Waals surface area contributed by atoms with Crippen molar-refractivity contribution in [2.75, 3.05) is 18.5 Å². The molecule has 0 radical (unpaired) electrons. The lowest BCUT2D eigenvalue weighted by atomic mass is 10.1. The number of benzene rings is 1. The Morgan fingerprint density at radius 1 is 1.19 bits per heavy atom. The second-order valence-electron chi connectivity index (χ2n) is 3.99. The van der Waals surface area contributed by atoms with Crippen LogP contribution in [-0.4, -0.2) is 24.6 Å². The largest absolute Gasteiger partial charge is 0.376 e. The first kappa shape index (κ1) is 12.1. The topological polar surface area (TPSA) is 18.5 Å². The molecule has 0 aromatic heterocycles. The Hall–Kier alpha value is -0.380. The van der Waals surface area contributed by atoms with Crippen molar-refractivity contribution < 1.29 is 9.47 Å². The van der Waals surface area contributed by atoms with E-state index in [1.54, 1.807) is 0 Å². The quantitative estimate of drug-likeness (QED) is 0.565. The van der Waals surface area contributed by atoms with Gasteiger partial charge in [-0.15, -0.1) is 0 Å². The summed E-state index contributed by atoms with van der Waals surface area (Å²) in [6.07, 6.45) is 3.09. The lowest BCUT2D eigenvalue weighted by Gasteiger charge is -2.15. The molecule has 1 fully saturated rings. The molecule has 0 amide bonds. The highest BCUT2D eigenvalue weighted by Gasteiger charge is 2.21. The Balaban J connectivity index is 1.72. The molecule has 1 aromatic rings. The van der Waals surface area contributed by atoms with Gasteiger partial charge in [-0.3, -0.25) is 0 Å². The fraction of sp³-hybridized carbons (Fsp3) is 0.538. The molecule has 0 saturated heterocycles. The Morgan fingerprint density at radius 2 is 1.94 bits per heavy atom.